The molecule has 0 aliphatic heterocycles. The van der Waals surface area contributed by atoms with E-state index in [9.17, 15) is 18.4 Å². The number of carbonyl (C=O) groups is 1. The summed E-state index contributed by atoms with van der Waals surface area (Å²) in [5.41, 5.74) is 2.59. The molecule has 1 amide bonds. The highest BCUT2D eigenvalue weighted by atomic mass is 19.1. The van der Waals surface area contributed by atoms with Gasteiger partial charge in [0.15, 0.2) is 0 Å². The van der Waals surface area contributed by atoms with Gasteiger partial charge in [0, 0.05) is 24.5 Å². The van der Waals surface area contributed by atoms with Gasteiger partial charge in [-0.1, -0.05) is 18.2 Å². The summed E-state index contributed by atoms with van der Waals surface area (Å²) in [7, 11) is 1.50. The van der Waals surface area contributed by atoms with E-state index in [4.69, 9.17) is 4.42 Å². The Kier molecular flexibility index (Phi) is 5.08. The number of anilines is 1. The first-order valence-corrected chi connectivity index (χ1v) is 10.3. The molecule has 0 saturated heterocycles. The Morgan fingerprint density at radius 2 is 1.82 bits per heavy atom. The number of pyridine rings is 1. The summed E-state index contributed by atoms with van der Waals surface area (Å²) in [5, 5.41) is 6.66. The van der Waals surface area contributed by atoms with Gasteiger partial charge in [-0.15, -0.1) is 5.10 Å². The van der Waals surface area contributed by atoms with Crippen LogP contribution in [0.15, 0.2) is 63.9 Å². The standard InChI is InChI=1S/C24H18F2N4O3/c1-30-24(32)33-23(29-30)17-11-15(13-5-6-13)12-27-21(17)14-7-9-16(10-8-14)28-22(31)20-18(25)3-2-4-19(20)26/h2-4,7-13H,5-6H2,1H3,(H,28,31). The second kappa shape index (κ2) is 8.09. The van der Waals surface area contributed by atoms with Crippen LogP contribution in [0.1, 0.15) is 34.7 Å². The molecule has 0 radical (unpaired) electrons. The Labute approximate surface area is 186 Å². The highest BCUT2D eigenvalue weighted by Gasteiger charge is 2.26. The van der Waals surface area contributed by atoms with Crippen molar-refractivity contribution in [3.05, 3.63) is 88.0 Å². The third-order valence-corrected chi connectivity index (χ3v) is 5.48. The van der Waals surface area contributed by atoms with Crippen LogP contribution < -0.4 is 11.1 Å². The predicted octanol–water partition coefficient (Wildman–Crippen LogP) is 4.51. The maximum atomic E-state index is 13.9. The van der Waals surface area contributed by atoms with Gasteiger partial charge in [-0.2, -0.15) is 4.68 Å². The fraction of sp³-hybridized carbons (Fsp3) is 0.167. The van der Waals surface area contributed by atoms with Gasteiger partial charge in [0.2, 0.25) is 0 Å². The van der Waals surface area contributed by atoms with Crippen LogP contribution in [0.25, 0.3) is 22.7 Å². The first-order chi connectivity index (χ1) is 15.9. The topological polar surface area (TPSA) is 90.0 Å². The van der Waals surface area contributed by atoms with E-state index in [1.165, 1.54) is 13.1 Å². The monoisotopic (exact) mass is 448 g/mol. The molecule has 0 unspecified atom stereocenters. The zero-order chi connectivity index (χ0) is 23.1. The summed E-state index contributed by atoms with van der Waals surface area (Å²) in [6.45, 7) is 0. The lowest BCUT2D eigenvalue weighted by atomic mass is 10.0. The number of amides is 1. The molecule has 1 fully saturated rings. The van der Waals surface area contributed by atoms with E-state index in [0.717, 1.165) is 35.2 Å². The molecule has 0 atom stereocenters. The highest BCUT2D eigenvalue weighted by molar-refractivity contribution is 6.04. The lowest BCUT2D eigenvalue weighted by Gasteiger charge is -2.10. The van der Waals surface area contributed by atoms with Crippen molar-refractivity contribution < 1.29 is 18.0 Å². The van der Waals surface area contributed by atoms with E-state index in [-0.39, 0.29) is 5.89 Å². The molecule has 5 rings (SSSR count). The van der Waals surface area contributed by atoms with E-state index in [1.54, 1.807) is 30.5 Å². The van der Waals surface area contributed by atoms with E-state index in [0.29, 0.717) is 28.4 Å². The number of nitrogens with one attached hydrogen (secondary N) is 1. The molecule has 1 saturated carbocycles. The Hall–Kier alpha value is -4.14. The van der Waals surface area contributed by atoms with Crippen molar-refractivity contribution in [2.24, 2.45) is 7.05 Å². The second-order valence-electron chi connectivity index (χ2n) is 7.86. The molecule has 2 heterocycles. The lowest BCUT2D eigenvalue weighted by molar-refractivity contribution is 0.101. The van der Waals surface area contributed by atoms with Crippen LogP contribution >= 0.6 is 0 Å². The number of rotatable bonds is 5. The molecule has 0 bridgehead atoms. The molecule has 2 aromatic heterocycles. The SMILES string of the molecule is Cn1nc(-c2cc(C3CC3)cnc2-c2ccc(NC(=O)c3c(F)cccc3F)cc2)oc1=O. The number of carbonyl (C=O) groups excluding carboxylic acids is 1. The maximum Gasteiger partial charge on any atom is 0.437 e. The van der Waals surface area contributed by atoms with Crippen LogP contribution in [0.3, 0.4) is 0 Å². The van der Waals surface area contributed by atoms with Crippen LogP contribution in [0.2, 0.25) is 0 Å². The molecular formula is C24H18F2N4O3. The molecule has 1 aliphatic rings. The smallest absolute Gasteiger partial charge is 0.388 e. The molecule has 9 heteroatoms. The summed E-state index contributed by atoms with van der Waals surface area (Å²) in [6, 6.07) is 11.8. The Balaban J connectivity index is 1.46. The summed E-state index contributed by atoms with van der Waals surface area (Å²) in [5.74, 6) is -2.74. The van der Waals surface area contributed by atoms with Gasteiger partial charge < -0.3 is 9.73 Å². The largest absolute Gasteiger partial charge is 0.437 e. The highest BCUT2D eigenvalue weighted by Crippen LogP contribution is 2.42. The quantitative estimate of drug-likeness (QED) is 0.485. The van der Waals surface area contributed by atoms with Crippen molar-refractivity contribution in [1.82, 2.24) is 14.8 Å². The molecule has 4 aromatic rings. The molecule has 2 aromatic carbocycles. The van der Waals surface area contributed by atoms with Crippen LogP contribution in [0.4, 0.5) is 14.5 Å². The lowest BCUT2D eigenvalue weighted by Crippen LogP contribution is -2.15. The predicted molar refractivity (Wildman–Crippen MR) is 117 cm³/mol. The Morgan fingerprint density at radius 1 is 1.12 bits per heavy atom. The van der Waals surface area contributed by atoms with Crippen molar-refractivity contribution in [1.29, 1.82) is 0 Å². The van der Waals surface area contributed by atoms with Gasteiger partial charge in [-0.05, 0) is 54.7 Å². The van der Waals surface area contributed by atoms with Crippen LogP contribution in [0.5, 0.6) is 0 Å². The van der Waals surface area contributed by atoms with Gasteiger partial charge in [0.1, 0.15) is 17.2 Å². The third kappa shape index (κ3) is 4.05. The minimum absolute atomic E-state index is 0.167. The zero-order valence-corrected chi connectivity index (χ0v) is 17.5. The number of hydrogen-bond acceptors (Lipinski definition) is 5. The third-order valence-electron chi connectivity index (χ3n) is 5.48. The zero-order valence-electron chi connectivity index (χ0n) is 17.5. The minimum atomic E-state index is -0.939. The number of nitrogens with zero attached hydrogens (tertiary/aromatic N) is 3. The van der Waals surface area contributed by atoms with Crippen molar-refractivity contribution in [2.75, 3.05) is 5.32 Å². The molecule has 0 spiro atoms. The van der Waals surface area contributed by atoms with Crippen molar-refractivity contribution in [2.45, 2.75) is 18.8 Å². The van der Waals surface area contributed by atoms with Gasteiger partial charge in [-0.3, -0.25) is 9.78 Å². The summed E-state index contributed by atoms with van der Waals surface area (Å²) < 4.78 is 34.1. The fourth-order valence-electron chi connectivity index (χ4n) is 3.59. The maximum absolute atomic E-state index is 13.9. The molecular weight excluding hydrogens is 430 g/mol. The summed E-state index contributed by atoms with van der Waals surface area (Å²) in [4.78, 5) is 28.7. The average molecular weight is 448 g/mol. The van der Waals surface area contributed by atoms with Crippen LogP contribution in [-0.4, -0.2) is 20.7 Å². The Bertz CT molecular complexity index is 1400. The summed E-state index contributed by atoms with van der Waals surface area (Å²) in [6.07, 6.45) is 3.97. The number of hydrogen-bond donors (Lipinski definition) is 1. The molecule has 1 N–H and O–H groups in total. The molecule has 7 nitrogen and oxygen atoms in total. The number of aromatic nitrogens is 3. The second-order valence-corrected chi connectivity index (χ2v) is 7.86. The average Bonchev–Trinajstić information content (AvgIpc) is 3.59. The van der Waals surface area contributed by atoms with E-state index in [1.807, 2.05) is 6.07 Å². The van der Waals surface area contributed by atoms with E-state index >= 15 is 0 Å². The molecule has 33 heavy (non-hydrogen) atoms. The van der Waals surface area contributed by atoms with E-state index in [2.05, 4.69) is 15.4 Å². The van der Waals surface area contributed by atoms with Gasteiger partial charge in [-0.25, -0.2) is 13.6 Å². The van der Waals surface area contributed by atoms with Crippen molar-refractivity contribution in [3.8, 4) is 22.7 Å². The number of halogens is 2. The summed E-state index contributed by atoms with van der Waals surface area (Å²) >= 11 is 0. The number of benzene rings is 2. The van der Waals surface area contributed by atoms with Crippen LogP contribution in [-0.2, 0) is 7.05 Å². The first-order valence-electron chi connectivity index (χ1n) is 10.3. The van der Waals surface area contributed by atoms with Gasteiger partial charge >= 0.3 is 5.76 Å². The normalized spacial score (nSPS) is 13.2. The Morgan fingerprint density at radius 3 is 2.42 bits per heavy atom. The van der Waals surface area contributed by atoms with Gasteiger partial charge in [0.25, 0.3) is 11.8 Å². The first kappa shape index (κ1) is 20.7. The minimum Gasteiger partial charge on any atom is -0.388 e. The van der Waals surface area contributed by atoms with Crippen molar-refractivity contribution >= 4 is 11.6 Å². The number of aryl methyl sites for hydroxylation is 1. The fourth-order valence-corrected chi connectivity index (χ4v) is 3.59. The molecule has 1 aliphatic carbocycles. The van der Waals surface area contributed by atoms with Crippen LogP contribution in [0, 0.1) is 11.6 Å². The van der Waals surface area contributed by atoms with Gasteiger partial charge in [0.05, 0.1) is 11.3 Å². The van der Waals surface area contributed by atoms with Crippen molar-refractivity contribution in [3.63, 3.8) is 0 Å². The molecule has 166 valence electrons. The van der Waals surface area contributed by atoms with E-state index < -0.39 is 28.9 Å².